The average Bonchev–Trinajstić information content (AvgIpc) is 2.93. The van der Waals surface area contributed by atoms with E-state index in [9.17, 15) is 18.0 Å². The predicted octanol–water partition coefficient (Wildman–Crippen LogP) is 5.39. The van der Waals surface area contributed by atoms with Crippen molar-refractivity contribution < 1.29 is 18.0 Å². The van der Waals surface area contributed by atoms with E-state index in [-0.39, 0.29) is 23.3 Å². The Bertz CT molecular complexity index is 1420. The minimum Gasteiger partial charge on any atom is -0.354 e. The molecule has 0 radical (unpaired) electrons. The van der Waals surface area contributed by atoms with Gasteiger partial charge in [0.25, 0.3) is 10.0 Å². The summed E-state index contributed by atoms with van der Waals surface area (Å²) in [4.78, 5) is 29.2. The smallest absolute Gasteiger partial charge is 0.264 e. The molecule has 2 amide bonds. The van der Waals surface area contributed by atoms with Crippen LogP contribution in [0.15, 0.2) is 77.7 Å². The number of nitrogens with zero attached hydrogens (tertiary/aromatic N) is 2. The summed E-state index contributed by atoms with van der Waals surface area (Å²) >= 11 is 0. The molecule has 7 nitrogen and oxygen atoms in total. The summed E-state index contributed by atoms with van der Waals surface area (Å²) in [6.07, 6.45) is 0.385. The van der Waals surface area contributed by atoms with Crippen LogP contribution in [0, 0.1) is 26.7 Å². The second-order valence-electron chi connectivity index (χ2n) is 10.6. The first-order valence-corrected chi connectivity index (χ1v) is 15.2. The van der Waals surface area contributed by atoms with Gasteiger partial charge < -0.3 is 10.2 Å². The summed E-state index contributed by atoms with van der Waals surface area (Å²) in [5, 5.41) is 2.96. The highest BCUT2D eigenvalue weighted by molar-refractivity contribution is 7.92. The fraction of sp³-hybridized carbons (Fsp3) is 0.375. The van der Waals surface area contributed by atoms with Gasteiger partial charge in [0, 0.05) is 13.1 Å². The van der Waals surface area contributed by atoms with Crippen molar-refractivity contribution in [1.82, 2.24) is 10.2 Å². The van der Waals surface area contributed by atoms with E-state index >= 15 is 0 Å². The number of hydrogen-bond donors (Lipinski definition) is 1. The van der Waals surface area contributed by atoms with Crippen LogP contribution in [-0.2, 0) is 26.2 Å². The molecule has 0 spiro atoms. The molecule has 1 atom stereocenters. The maximum atomic E-state index is 14.2. The minimum atomic E-state index is -4.09. The quantitative estimate of drug-likeness (QED) is 0.320. The normalized spacial score (nSPS) is 12.2. The SMILES string of the molecule is CC[C@@H](C(=O)NCC(C)C)N(Cc1ccccc1C)C(=O)CN(c1cccc(C)c1C)S(=O)(=O)c1ccccc1. The molecular weight excluding hydrogens is 522 g/mol. The second kappa shape index (κ2) is 13.6. The Morgan fingerprint density at radius 2 is 1.48 bits per heavy atom. The third-order valence-corrected chi connectivity index (χ3v) is 8.90. The first-order valence-electron chi connectivity index (χ1n) is 13.7. The van der Waals surface area contributed by atoms with Gasteiger partial charge in [-0.05, 0) is 73.6 Å². The van der Waals surface area contributed by atoms with Gasteiger partial charge in [0.2, 0.25) is 11.8 Å². The van der Waals surface area contributed by atoms with Gasteiger partial charge in [-0.2, -0.15) is 0 Å². The fourth-order valence-electron chi connectivity index (χ4n) is 4.55. The van der Waals surface area contributed by atoms with Gasteiger partial charge in [-0.1, -0.05) is 75.4 Å². The molecule has 0 aliphatic heterocycles. The summed E-state index contributed by atoms with van der Waals surface area (Å²) in [5.41, 5.74) is 4.00. The van der Waals surface area contributed by atoms with E-state index in [4.69, 9.17) is 0 Å². The van der Waals surface area contributed by atoms with Crippen molar-refractivity contribution in [3.05, 3.63) is 95.1 Å². The lowest BCUT2D eigenvalue weighted by Crippen LogP contribution is -2.52. The van der Waals surface area contributed by atoms with Crippen molar-refractivity contribution >= 4 is 27.5 Å². The van der Waals surface area contributed by atoms with Crippen LogP contribution in [0.1, 0.15) is 49.4 Å². The average molecular weight is 564 g/mol. The minimum absolute atomic E-state index is 0.0934. The molecule has 0 bridgehead atoms. The van der Waals surface area contributed by atoms with E-state index in [1.165, 1.54) is 21.3 Å². The van der Waals surface area contributed by atoms with Crippen LogP contribution in [0.5, 0.6) is 0 Å². The third-order valence-electron chi connectivity index (χ3n) is 7.13. The molecule has 0 heterocycles. The zero-order valence-corrected chi connectivity index (χ0v) is 25.2. The van der Waals surface area contributed by atoms with E-state index in [2.05, 4.69) is 5.32 Å². The lowest BCUT2D eigenvalue weighted by atomic mass is 10.1. The number of anilines is 1. The highest BCUT2D eigenvalue weighted by Crippen LogP contribution is 2.29. The number of sulfonamides is 1. The zero-order valence-electron chi connectivity index (χ0n) is 24.3. The van der Waals surface area contributed by atoms with E-state index in [0.717, 1.165) is 22.3 Å². The Kier molecular flexibility index (Phi) is 10.5. The summed E-state index contributed by atoms with van der Waals surface area (Å²) in [7, 11) is -4.09. The van der Waals surface area contributed by atoms with Crippen molar-refractivity contribution in [3.8, 4) is 0 Å². The Balaban J connectivity index is 2.09. The summed E-state index contributed by atoms with van der Waals surface area (Å²) in [5.74, 6) is -0.449. The maximum Gasteiger partial charge on any atom is 0.264 e. The maximum absolute atomic E-state index is 14.2. The molecule has 3 aromatic carbocycles. The number of benzene rings is 3. The third kappa shape index (κ3) is 7.30. The number of nitrogens with one attached hydrogen (secondary N) is 1. The number of carbonyl (C=O) groups excluding carboxylic acids is 2. The molecule has 0 saturated carbocycles. The largest absolute Gasteiger partial charge is 0.354 e. The Morgan fingerprint density at radius 1 is 0.850 bits per heavy atom. The van der Waals surface area contributed by atoms with Crippen molar-refractivity contribution in [3.63, 3.8) is 0 Å². The van der Waals surface area contributed by atoms with E-state index in [0.29, 0.717) is 18.7 Å². The monoisotopic (exact) mass is 563 g/mol. The lowest BCUT2D eigenvalue weighted by Gasteiger charge is -2.34. The highest BCUT2D eigenvalue weighted by Gasteiger charge is 2.34. The van der Waals surface area contributed by atoms with Gasteiger partial charge in [-0.25, -0.2) is 8.42 Å². The van der Waals surface area contributed by atoms with Crippen LogP contribution in [0.25, 0.3) is 0 Å². The molecule has 0 aliphatic carbocycles. The van der Waals surface area contributed by atoms with Crippen molar-refractivity contribution in [1.29, 1.82) is 0 Å². The van der Waals surface area contributed by atoms with Gasteiger partial charge in [0.1, 0.15) is 12.6 Å². The molecule has 0 saturated heterocycles. The molecule has 0 fully saturated rings. The Morgan fingerprint density at radius 3 is 2.10 bits per heavy atom. The fourth-order valence-corrected chi connectivity index (χ4v) is 6.04. The first-order chi connectivity index (χ1) is 19.0. The van der Waals surface area contributed by atoms with Crippen LogP contribution in [0.3, 0.4) is 0 Å². The van der Waals surface area contributed by atoms with Gasteiger partial charge >= 0.3 is 0 Å². The van der Waals surface area contributed by atoms with Crippen LogP contribution in [0.2, 0.25) is 0 Å². The van der Waals surface area contributed by atoms with Gasteiger partial charge in [0.15, 0.2) is 0 Å². The van der Waals surface area contributed by atoms with Crippen LogP contribution in [-0.4, -0.2) is 44.3 Å². The Hall–Kier alpha value is -3.65. The standard InChI is InChI=1S/C32H41N3O4S/c1-7-29(32(37)33-20-23(2)3)34(21-27-16-12-11-14-25(27)5)31(36)22-35(30-19-13-15-24(4)26(30)6)40(38,39)28-17-9-8-10-18-28/h8-19,23,29H,7,20-22H2,1-6H3,(H,33,37)/t29-/m0/s1. The van der Waals surface area contributed by atoms with Crippen molar-refractivity contribution in [2.24, 2.45) is 5.92 Å². The number of carbonyl (C=O) groups is 2. The Labute approximate surface area is 239 Å². The van der Waals surface area contributed by atoms with Gasteiger partial charge in [0.05, 0.1) is 10.6 Å². The summed E-state index contributed by atoms with van der Waals surface area (Å²) < 4.78 is 29.2. The highest BCUT2D eigenvalue weighted by atomic mass is 32.2. The van der Waals surface area contributed by atoms with Crippen LogP contribution >= 0.6 is 0 Å². The topological polar surface area (TPSA) is 86.8 Å². The summed E-state index contributed by atoms with van der Waals surface area (Å²) in [6.45, 7) is 11.8. The van der Waals surface area contributed by atoms with E-state index < -0.39 is 28.5 Å². The first kappa shape index (κ1) is 30.9. The van der Waals surface area contributed by atoms with Crippen LogP contribution < -0.4 is 9.62 Å². The number of aryl methyl sites for hydroxylation is 2. The lowest BCUT2D eigenvalue weighted by molar-refractivity contribution is -0.140. The molecular formula is C32H41N3O4S. The molecule has 40 heavy (non-hydrogen) atoms. The van der Waals surface area contributed by atoms with Crippen molar-refractivity contribution in [2.45, 2.75) is 65.4 Å². The van der Waals surface area contributed by atoms with Crippen LogP contribution in [0.4, 0.5) is 5.69 Å². The second-order valence-corrected chi connectivity index (χ2v) is 12.4. The number of amides is 2. The van der Waals surface area contributed by atoms with Gasteiger partial charge in [-0.3, -0.25) is 13.9 Å². The molecule has 0 aliphatic rings. The predicted molar refractivity (Wildman–Crippen MR) is 161 cm³/mol. The molecule has 0 unspecified atom stereocenters. The van der Waals surface area contributed by atoms with Crippen molar-refractivity contribution in [2.75, 3.05) is 17.4 Å². The van der Waals surface area contributed by atoms with Gasteiger partial charge in [-0.15, -0.1) is 0 Å². The molecule has 3 aromatic rings. The molecule has 0 aromatic heterocycles. The summed E-state index contributed by atoms with van der Waals surface area (Å²) in [6, 6.07) is 20.5. The molecule has 214 valence electrons. The number of rotatable bonds is 12. The number of hydrogen-bond acceptors (Lipinski definition) is 4. The molecule has 3 rings (SSSR count). The molecule has 8 heteroatoms. The molecule has 1 N–H and O–H groups in total. The van der Waals surface area contributed by atoms with E-state index in [1.807, 2.05) is 71.9 Å². The van der Waals surface area contributed by atoms with E-state index in [1.54, 1.807) is 30.3 Å². The zero-order chi connectivity index (χ0) is 29.4.